The van der Waals surface area contributed by atoms with Gasteiger partial charge in [0.2, 0.25) is 0 Å². The first-order valence-electron chi connectivity index (χ1n) is 5.40. The second kappa shape index (κ2) is 6.15. The molecule has 0 aliphatic heterocycles. The molecule has 0 aromatic heterocycles. The van der Waals surface area contributed by atoms with Gasteiger partial charge in [0.15, 0.2) is 0 Å². The average Bonchev–Trinajstić information content (AvgIpc) is 2.35. The fourth-order valence-corrected chi connectivity index (χ4v) is 1.17. The summed E-state index contributed by atoms with van der Waals surface area (Å²) >= 11 is 0. The van der Waals surface area contributed by atoms with Crippen LogP contribution in [-0.4, -0.2) is 11.8 Å². The molecule has 0 saturated carbocycles. The molecule has 0 amide bonds. The molecule has 0 atom stereocenters. The Morgan fingerprint density at radius 2 is 1.82 bits per heavy atom. The second-order valence-corrected chi connectivity index (χ2v) is 4.00. The second-order valence-electron chi connectivity index (χ2n) is 4.00. The monoisotopic (exact) mass is 234 g/mol. The van der Waals surface area contributed by atoms with Crippen molar-refractivity contribution in [3.8, 4) is 0 Å². The van der Waals surface area contributed by atoms with Crippen LogP contribution in [0.3, 0.4) is 0 Å². The molecule has 0 spiro atoms. The van der Waals surface area contributed by atoms with Crippen molar-refractivity contribution in [3.63, 3.8) is 0 Å². The third kappa shape index (κ3) is 4.00. The van der Waals surface area contributed by atoms with Crippen molar-refractivity contribution in [3.05, 3.63) is 41.9 Å². The molecule has 2 N–H and O–H groups in total. The zero-order chi connectivity index (χ0) is 12.8. The summed E-state index contributed by atoms with van der Waals surface area (Å²) in [5, 5.41) is 0. The SMILES string of the molecule is CC(C)[C](N)C(=O)C(=O)OCc1ccccc1. The lowest BCUT2D eigenvalue weighted by molar-refractivity contribution is -0.154. The van der Waals surface area contributed by atoms with E-state index in [1.807, 2.05) is 30.3 Å². The third-order valence-corrected chi connectivity index (χ3v) is 2.28. The molecule has 0 heterocycles. The van der Waals surface area contributed by atoms with E-state index in [2.05, 4.69) is 0 Å². The summed E-state index contributed by atoms with van der Waals surface area (Å²) in [5.74, 6) is -1.82. The molecule has 0 aliphatic rings. The number of hydrogen-bond acceptors (Lipinski definition) is 4. The molecule has 0 fully saturated rings. The van der Waals surface area contributed by atoms with Crippen LogP contribution in [0.2, 0.25) is 0 Å². The van der Waals surface area contributed by atoms with Crippen LogP contribution in [0.4, 0.5) is 0 Å². The summed E-state index contributed by atoms with van der Waals surface area (Å²) in [6, 6.07) is 9.18. The summed E-state index contributed by atoms with van der Waals surface area (Å²) in [6.45, 7) is 3.58. The predicted octanol–water partition coefficient (Wildman–Crippen LogP) is 1.45. The topological polar surface area (TPSA) is 69.4 Å². The lowest BCUT2D eigenvalue weighted by atomic mass is 10.0. The maximum atomic E-state index is 11.5. The van der Waals surface area contributed by atoms with Crippen molar-refractivity contribution in [2.45, 2.75) is 20.5 Å². The van der Waals surface area contributed by atoms with E-state index in [0.717, 1.165) is 5.56 Å². The minimum Gasteiger partial charge on any atom is -0.455 e. The molecule has 0 aliphatic carbocycles. The summed E-state index contributed by atoms with van der Waals surface area (Å²) in [4.78, 5) is 22.9. The van der Waals surface area contributed by atoms with Crippen LogP contribution in [0.15, 0.2) is 30.3 Å². The first kappa shape index (κ1) is 13.4. The number of Topliss-reactive ketones (excluding diaryl/α,β-unsaturated/α-hetero) is 1. The van der Waals surface area contributed by atoms with E-state index in [-0.39, 0.29) is 18.6 Å². The predicted molar refractivity (Wildman–Crippen MR) is 63.5 cm³/mol. The van der Waals surface area contributed by atoms with E-state index in [1.54, 1.807) is 13.8 Å². The summed E-state index contributed by atoms with van der Waals surface area (Å²) in [5.41, 5.74) is 6.33. The minimum atomic E-state index is -0.903. The van der Waals surface area contributed by atoms with Crippen molar-refractivity contribution < 1.29 is 14.3 Å². The van der Waals surface area contributed by atoms with Gasteiger partial charge in [-0.25, -0.2) is 4.79 Å². The Morgan fingerprint density at radius 1 is 1.24 bits per heavy atom. The van der Waals surface area contributed by atoms with Crippen LogP contribution in [0.25, 0.3) is 0 Å². The van der Waals surface area contributed by atoms with Gasteiger partial charge in [0.1, 0.15) is 12.6 Å². The van der Waals surface area contributed by atoms with Gasteiger partial charge in [-0.05, 0) is 11.5 Å². The van der Waals surface area contributed by atoms with Crippen molar-refractivity contribution in [2.24, 2.45) is 11.7 Å². The number of ether oxygens (including phenoxy) is 1. The molecule has 1 rings (SSSR count). The fraction of sp³-hybridized carbons (Fsp3) is 0.308. The largest absolute Gasteiger partial charge is 0.455 e. The Hall–Kier alpha value is -1.68. The quantitative estimate of drug-likeness (QED) is 0.618. The Bertz CT molecular complexity index is 387. The molecule has 0 bridgehead atoms. The van der Waals surface area contributed by atoms with Crippen LogP contribution >= 0.6 is 0 Å². The first-order valence-corrected chi connectivity index (χ1v) is 5.40. The van der Waals surface area contributed by atoms with Crippen LogP contribution in [-0.2, 0) is 20.9 Å². The van der Waals surface area contributed by atoms with Crippen LogP contribution in [0.1, 0.15) is 19.4 Å². The van der Waals surface area contributed by atoms with Gasteiger partial charge in [0.05, 0.1) is 0 Å². The van der Waals surface area contributed by atoms with Gasteiger partial charge >= 0.3 is 5.97 Å². The molecular formula is C13H16NO3. The highest BCUT2D eigenvalue weighted by Crippen LogP contribution is 2.09. The molecule has 0 unspecified atom stereocenters. The summed E-state index contributed by atoms with van der Waals surface area (Å²) in [7, 11) is 0. The minimum absolute atomic E-state index is 0.0306. The first-order chi connectivity index (χ1) is 8.02. The number of ketones is 1. The zero-order valence-corrected chi connectivity index (χ0v) is 9.97. The van der Waals surface area contributed by atoms with Gasteiger partial charge in [-0.15, -0.1) is 0 Å². The standard InChI is InChI=1S/C13H16NO3/c1-9(2)11(14)12(15)13(16)17-8-10-6-4-3-5-7-10/h3-7,9H,8,14H2,1-2H3. The average molecular weight is 234 g/mol. The van der Waals surface area contributed by atoms with E-state index in [9.17, 15) is 9.59 Å². The van der Waals surface area contributed by atoms with E-state index < -0.39 is 11.8 Å². The molecule has 17 heavy (non-hydrogen) atoms. The lowest BCUT2D eigenvalue weighted by Gasteiger charge is -2.12. The van der Waals surface area contributed by atoms with E-state index in [1.165, 1.54) is 0 Å². The number of carbonyl (C=O) groups excluding carboxylic acids is 2. The highest BCUT2D eigenvalue weighted by Gasteiger charge is 2.26. The highest BCUT2D eigenvalue weighted by atomic mass is 16.5. The van der Waals surface area contributed by atoms with Crippen molar-refractivity contribution in [2.75, 3.05) is 0 Å². The van der Waals surface area contributed by atoms with Crippen molar-refractivity contribution >= 4 is 11.8 Å². The van der Waals surface area contributed by atoms with Crippen LogP contribution in [0.5, 0.6) is 0 Å². The summed E-state index contributed by atoms with van der Waals surface area (Å²) in [6.07, 6.45) is 0. The number of benzene rings is 1. The Kier molecular flexibility index (Phi) is 4.84. The molecule has 4 nitrogen and oxygen atoms in total. The van der Waals surface area contributed by atoms with Crippen LogP contribution < -0.4 is 5.73 Å². The van der Waals surface area contributed by atoms with Crippen molar-refractivity contribution in [1.29, 1.82) is 0 Å². The Labute approximate surface area is 101 Å². The molecule has 4 heteroatoms. The maximum Gasteiger partial charge on any atom is 0.377 e. The van der Waals surface area contributed by atoms with Gasteiger partial charge in [-0.2, -0.15) is 0 Å². The fourth-order valence-electron chi connectivity index (χ4n) is 1.17. The van der Waals surface area contributed by atoms with Gasteiger partial charge in [-0.1, -0.05) is 44.2 Å². The smallest absolute Gasteiger partial charge is 0.377 e. The number of carbonyl (C=O) groups is 2. The number of esters is 1. The highest BCUT2D eigenvalue weighted by molar-refractivity contribution is 6.38. The molecule has 1 aromatic carbocycles. The number of hydrogen-bond donors (Lipinski definition) is 1. The van der Waals surface area contributed by atoms with Gasteiger partial charge in [-0.3, -0.25) is 4.79 Å². The van der Waals surface area contributed by atoms with E-state index in [4.69, 9.17) is 10.5 Å². The molecule has 0 saturated heterocycles. The Balaban J connectivity index is 2.48. The Morgan fingerprint density at radius 3 is 2.35 bits per heavy atom. The van der Waals surface area contributed by atoms with E-state index >= 15 is 0 Å². The number of rotatable bonds is 5. The van der Waals surface area contributed by atoms with Crippen LogP contribution in [0, 0.1) is 12.0 Å². The van der Waals surface area contributed by atoms with E-state index in [0.29, 0.717) is 0 Å². The normalized spacial score (nSPS) is 10.6. The maximum absolute atomic E-state index is 11.5. The third-order valence-electron chi connectivity index (χ3n) is 2.28. The van der Waals surface area contributed by atoms with Gasteiger partial charge in [0.25, 0.3) is 5.78 Å². The van der Waals surface area contributed by atoms with Gasteiger partial charge < -0.3 is 10.5 Å². The summed E-state index contributed by atoms with van der Waals surface area (Å²) < 4.78 is 4.87. The lowest BCUT2D eigenvalue weighted by Crippen LogP contribution is -2.33. The zero-order valence-electron chi connectivity index (χ0n) is 9.97. The molecular weight excluding hydrogens is 218 g/mol. The van der Waals surface area contributed by atoms with Crippen molar-refractivity contribution in [1.82, 2.24) is 0 Å². The van der Waals surface area contributed by atoms with Gasteiger partial charge in [0, 0.05) is 0 Å². The molecule has 91 valence electrons. The molecule has 1 radical (unpaired) electrons. The number of nitrogens with two attached hydrogens (primary N) is 1. The molecule has 1 aromatic rings.